The van der Waals surface area contributed by atoms with Crippen molar-refractivity contribution in [1.82, 2.24) is 4.47 Å². The fraction of sp³-hybridized carbons (Fsp3) is 0.909. The molecule has 2 unspecified atom stereocenters. The highest BCUT2D eigenvalue weighted by Gasteiger charge is 2.66. The first kappa shape index (κ1) is 11.6. The summed E-state index contributed by atoms with van der Waals surface area (Å²) in [5.41, 5.74) is -0.879. The number of Topliss-reactive ketones (excluding diaryl/α,β-unsaturated/α-hetero) is 1. The van der Waals surface area contributed by atoms with Gasteiger partial charge in [-0.25, -0.2) is 8.42 Å². The van der Waals surface area contributed by atoms with Gasteiger partial charge in [-0.1, -0.05) is 18.3 Å². The van der Waals surface area contributed by atoms with Gasteiger partial charge in [0.1, 0.15) is 5.78 Å². The first-order valence-electron chi connectivity index (χ1n) is 5.96. The van der Waals surface area contributed by atoms with Crippen LogP contribution in [0.3, 0.4) is 0 Å². The zero-order valence-corrected chi connectivity index (χ0v) is 10.9. The van der Waals surface area contributed by atoms with Gasteiger partial charge in [-0.05, 0) is 24.2 Å². The maximum Gasteiger partial charge on any atom is 0.239 e. The number of hydrogen-bond donors (Lipinski definition) is 0. The smallest absolute Gasteiger partial charge is 0.239 e. The second-order valence-corrected chi connectivity index (χ2v) is 7.84. The van der Waals surface area contributed by atoms with Gasteiger partial charge in [-0.3, -0.25) is 9.63 Å². The van der Waals surface area contributed by atoms with Crippen LogP contribution < -0.4 is 0 Å². The number of ketones is 1. The maximum absolute atomic E-state index is 12.2. The second kappa shape index (κ2) is 3.10. The van der Waals surface area contributed by atoms with Gasteiger partial charge in [0.2, 0.25) is 10.0 Å². The van der Waals surface area contributed by atoms with Gasteiger partial charge < -0.3 is 0 Å². The fourth-order valence-electron chi connectivity index (χ4n) is 3.68. The molecule has 0 aromatic heterocycles. The first-order valence-corrected chi connectivity index (χ1v) is 7.57. The van der Waals surface area contributed by atoms with Gasteiger partial charge >= 0.3 is 0 Å². The predicted octanol–water partition coefficient (Wildman–Crippen LogP) is 0.916. The van der Waals surface area contributed by atoms with Crippen LogP contribution in [0.1, 0.15) is 33.1 Å². The lowest BCUT2D eigenvalue weighted by atomic mass is 9.70. The summed E-state index contributed by atoms with van der Waals surface area (Å²) in [6.45, 7) is 4.21. The Balaban J connectivity index is 1.97. The third kappa shape index (κ3) is 1.37. The summed E-state index contributed by atoms with van der Waals surface area (Å²) in [6, 6.07) is 0. The molecule has 0 spiro atoms. The number of hydrogen-bond acceptors (Lipinski definition) is 4. The zero-order valence-electron chi connectivity index (χ0n) is 10.1. The first-order chi connectivity index (χ1) is 7.80. The minimum atomic E-state index is -3.43. The molecule has 2 bridgehead atoms. The molecule has 2 aliphatic carbocycles. The highest BCUT2D eigenvalue weighted by molar-refractivity contribution is 7.89. The van der Waals surface area contributed by atoms with Crippen LogP contribution in [0.5, 0.6) is 0 Å². The highest BCUT2D eigenvalue weighted by atomic mass is 32.2. The summed E-state index contributed by atoms with van der Waals surface area (Å²) in [6.07, 6.45) is 2.22. The Morgan fingerprint density at radius 2 is 2.12 bits per heavy atom. The zero-order chi connectivity index (χ0) is 12.5. The van der Waals surface area contributed by atoms with Crippen molar-refractivity contribution >= 4 is 15.8 Å². The van der Waals surface area contributed by atoms with Crippen molar-refractivity contribution in [2.75, 3.05) is 12.5 Å². The van der Waals surface area contributed by atoms with Crippen molar-refractivity contribution < 1.29 is 18.0 Å². The molecule has 3 aliphatic rings. The van der Waals surface area contributed by atoms with Gasteiger partial charge in [-0.15, -0.1) is 0 Å². The van der Waals surface area contributed by atoms with E-state index < -0.39 is 15.4 Å². The van der Waals surface area contributed by atoms with E-state index in [0.717, 1.165) is 10.9 Å². The normalized spacial score (nSPS) is 43.1. The molecule has 0 aromatic rings. The van der Waals surface area contributed by atoms with E-state index in [1.165, 1.54) is 0 Å². The Morgan fingerprint density at radius 1 is 1.47 bits per heavy atom. The van der Waals surface area contributed by atoms with Crippen LogP contribution >= 0.6 is 0 Å². The summed E-state index contributed by atoms with van der Waals surface area (Å²) >= 11 is 0. The van der Waals surface area contributed by atoms with Crippen LogP contribution in [0.15, 0.2) is 0 Å². The quantitative estimate of drug-likeness (QED) is 0.707. The largest absolute Gasteiger partial charge is 0.299 e. The average molecular weight is 259 g/mol. The molecular weight excluding hydrogens is 242 g/mol. The highest BCUT2D eigenvalue weighted by Crippen LogP contribution is 2.64. The van der Waals surface area contributed by atoms with Crippen molar-refractivity contribution in [2.24, 2.45) is 16.7 Å². The Kier molecular flexibility index (Phi) is 2.12. The van der Waals surface area contributed by atoms with Crippen LogP contribution in [0, 0.1) is 16.7 Å². The summed E-state index contributed by atoms with van der Waals surface area (Å²) in [4.78, 5) is 16.9. The third-order valence-electron chi connectivity index (χ3n) is 5.11. The SMILES string of the molecule is CC1(C)C2CC[C@@]1(CS(=O)(=O)N1CO1)C(=O)C2. The molecule has 0 aromatic carbocycles. The Labute approximate surface area is 101 Å². The van der Waals surface area contributed by atoms with E-state index in [4.69, 9.17) is 4.84 Å². The standard InChI is InChI=1S/C11H17NO4S/c1-10(2)8-3-4-11(10,9(13)5-8)6-17(14,15)12-7-16-12/h8H,3-7H2,1-2H3/t8?,11-,12?/m1/s1. The second-order valence-electron chi connectivity index (χ2n) is 5.98. The molecule has 17 heavy (non-hydrogen) atoms. The molecule has 3 rings (SSSR count). The number of sulfonamides is 1. The average Bonchev–Trinajstić information content (AvgIpc) is 2.98. The van der Waals surface area contributed by atoms with Crippen LogP contribution in [-0.2, 0) is 19.7 Å². The molecule has 2 saturated carbocycles. The van der Waals surface area contributed by atoms with Crippen molar-refractivity contribution in [1.29, 1.82) is 0 Å². The lowest BCUT2D eigenvalue weighted by Crippen LogP contribution is -2.43. The van der Waals surface area contributed by atoms with Crippen molar-refractivity contribution in [3.8, 4) is 0 Å². The minimum Gasteiger partial charge on any atom is -0.299 e. The van der Waals surface area contributed by atoms with E-state index in [9.17, 15) is 13.2 Å². The van der Waals surface area contributed by atoms with E-state index >= 15 is 0 Å². The van der Waals surface area contributed by atoms with Gasteiger partial charge in [0, 0.05) is 11.8 Å². The Bertz CT molecular complexity index is 480. The number of carbonyl (C=O) groups excluding carboxylic acids is 1. The van der Waals surface area contributed by atoms with E-state index in [2.05, 4.69) is 0 Å². The summed E-state index contributed by atoms with van der Waals surface area (Å²) < 4.78 is 25.0. The predicted molar refractivity (Wildman–Crippen MR) is 60.1 cm³/mol. The number of carbonyl (C=O) groups is 1. The molecule has 6 heteroatoms. The van der Waals surface area contributed by atoms with E-state index in [1.807, 2.05) is 13.8 Å². The summed E-state index contributed by atoms with van der Waals surface area (Å²) in [5.74, 6) is 0.395. The molecule has 0 radical (unpaired) electrons. The molecular formula is C11H17NO4S. The molecule has 96 valence electrons. The van der Waals surface area contributed by atoms with E-state index in [0.29, 0.717) is 18.8 Å². The molecule has 5 nitrogen and oxygen atoms in total. The maximum atomic E-state index is 12.2. The van der Waals surface area contributed by atoms with Crippen molar-refractivity contribution in [2.45, 2.75) is 33.1 Å². The topological polar surface area (TPSA) is 66.8 Å². The lowest BCUT2D eigenvalue weighted by Gasteiger charge is -2.35. The van der Waals surface area contributed by atoms with E-state index in [1.54, 1.807) is 0 Å². The molecule has 3 fully saturated rings. The van der Waals surface area contributed by atoms with Crippen LogP contribution in [0.4, 0.5) is 0 Å². The Hall–Kier alpha value is -0.460. The number of fused-ring (bicyclic) bond motifs is 2. The van der Waals surface area contributed by atoms with E-state index in [-0.39, 0.29) is 23.7 Å². The van der Waals surface area contributed by atoms with Crippen LogP contribution in [0.2, 0.25) is 0 Å². The number of hydroxylamine groups is 1. The lowest BCUT2D eigenvalue weighted by molar-refractivity contribution is -0.128. The van der Waals surface area contributed by atoms with Gasteiger partial charge in [0.15, 0.2) is 6.73 Å². The fourth-order valence-corrected chi connectivity index (χ4v) is 5.49. The number of rotatable bonds is 3. The molecule has 1 aliphatic heterocycles. The molecule has 1 saturated heterocycles. The minimum absolute atomic E-state index is 0.0810. The van der Waals surface area contributed by atoms with Gasteiger partial charge in [0.05, 0.1) is 5.75 Å². The third-order valence-corrected chi connectivity index (χ3v) is 6.80. The summed E-state index contributed by atoms with van der Waals surface area (Å²) in [7, 11) is -3.43. The molecule has 3 atom stereocenters. The van der Waals surface area contributed by atoms with Gasteiger partial charge in [-0.2, -0.15) is 0 Å². The van der Waals surface area contributed by atoms with Crippen LogP contribution in [0.25, 0.3) is 0 Å². The summed E-state index contributed by atoms with van der Waals surface area (Å²) in [5, 5.41) is 0. The molecule has 0 N–H and O–H groups in total. The molecule has 1 heterocycles. The molecule has 0 amide bonds. The van der Waals surface area contributed by atoms with Crippen LogP contribution in [-0.4, -0.2) is 31.2 Å². The van der Waals surface area contributed by atoms with Gasteiger partial charge in [0.25, 0.3) is 0 Å². The monoisotopic (exact) mass is 259 g/mol. The number of nitrogens with zero attached hydrogens (tertiary/aromatic N) is 1. The van der Waals surface area contributed by atoms with Crippen molar-refractivity contribution in [3.05, 3.63) is 0 Å². The van der Waals surface area contributed by atoms with Crippen molar-refractivity contribution in [3.63, 3.8) is 0 Å². The Morgan fingerprint density at radius 3 is 2.53 bits per heavy atom.